The van der Waals surface area contributed by atoms with Crippen molar-refractivity contribution in [2.24, 2.45) is 0 Å². The Bertz CT molecular complexity index is 1280. The highest BCUT2D eigenvalue weighted by molar-refractivity contribution is 7.22. The third kappa shape index (κ3) is 2.34. The van der Waals surface area contributed by atoms with Gasteiger partial charge < -0.3 is 4.42 Å². The van der Waals surface area contributed by atoms with E-state index in [2.05, 4.69) is 103 Å². The van der Waals surface area contributed by atoms with Crippen LogP contribution in [0.1, 0.15) is 0 Å². The van der Waals surface area contributed by atoms with Crippen LogP contribution in [-0.4, -0.2) is 8.07 Å². The molecule has 1 aliphatic rings. The van der Waals surface area contributed by atoms with Crippen LogP contribution in [0.5, 0.6) is 0 Å². The maximum Gasteiger partial charge on any atom is 0.180 e. The summed E-state index contributed by atoms with van der Waals surface area (Å²) < 4.78 is 5.70. The highest BCUT2D eigenvalue weighted by Gasteiger charge is 2.48. The predicted molar refractivity (Wildman–Crippen MR) is 127 cm³/mol. The third-order valence-electron chi connectivity index (χ3n) is 6.26. The van der Waals surface area contributed by atoms with Crippen LogP contribution in [0.4, 0.5) is 0 Å². The third-order valence-corrected chi connectivity index (χ3v) is 11.2. The molecule has 0 N–H and O–H groups in total. The van der Waals surface area contributed by atoms with E-state index >= 15 is 0 Å². The van der Waals surface area contributed by atoms with Gasteiger partial charge in [0.25, 0.3) is 0 Å². The molecule has 0 spiro atoms. The van der Waals surface area contributed by atoms with Gasteiger partial charge in [-0.15, -0.1) is 0 Å². The first-order valence-electron chi connectivity index (χ1n) is 10.3. The van der Waals surface area contributed by atoms with E-state index in [1.165, 1.54) is 31.9 Å². The summed E-state index contributed by atoms with van der Waals surface area (Å²) in [5.74, 6) is 0.911. The predicted octanol–water partition coefficient (Wildman–Crippen LogP) is 4.30. The molecular weight excluding hydrogens is 380 g/mol. The van der Waals surface area contributed by atoms with Crippen LogP contribution >= 0.6 is 0 Å². The molecule has 0 unspecified atom stereocenters. The Morgan fingerprint density at radius 1 is 0.500 bits per heavy atom. The van der Waals surface area contributed by atoms with Crippen molar-refractivity contribution < 1.29 is 4.42 Å². The number of rotatable bonds is 3. The number of hydrogen-bond donors (Lipinski definition) is 0. The molecule has 0 aliphatic carbocycles. The normalized spacial score (nSPS) is 13.6. The van der Waals surface area contributed by atoms with Gasteiger partial charge in [0.1, 0.15) is 5.76 Å². The molecule has 6 rings (SSSR count). The highest BCUT2D eigenvalue weighted by atomic mass is 28.3. The van der Waals surface area contributed by atoms with Crippen molar-refractivity contribution in [3.05, 3.63) is 122 Å². The van der Waals surface area contributed by atoms with Gasteiger partial charge in [0.05, 0.1) is 6.26 Å². The molecule has 30 heavy (non-hydrogen) atoms. The van der Waals surface area contributed by atoms with E-state index in [0.717, 1.165) is 11.3 Å². The molecule has 142 valence electrons. The molecule has 0 bridgehead atoms. The number of benzene rings is 4. The minimum absolute atomic E-state index is 0.911. The molecular formula is C28H20OSi. The van der Waals surface area contributed by atoms with Gasteiger partial charge in [0.2, 0.25) is 0 Å². The van der Waals surface area contributed by atoms with Crippen molar-refractivity contribution in [3.63, 3.8) is 0 Å². The second kappa shape index (κ2) is 6.72. The average Bonchev–Trinajstić information content (AvgIpc) is 3.46. The summed E-state index contributed by atoms with van der Waals surface area (Å²) in [6.07, 6.45) is 1.74. The number of fused-ring (bicyclic) bond motifs is 3. The van der Waals surface area contributed by atoms with Crippen molar-refractivity contribution in [2.45, 2.75) is 0 Å². The second-order valence-corrected chi connectivity index (χ2v) is 11.5. The number of furan rings is 1. The summed E-state index contributed by atoms with van der Waals surface area (Å²) in [5, 5.41) is 5.77. The fraction of sp³-hybridized carbons (Fsp3) is 0. The van der Waals surface area contributed by atoms with Gasteiger partial charge >= 0.3 is 0 Å². The molecule has 0 amide bonds. The maximum atomic E-state index is 5.70. The lowest BCUT2D eigenvalue weighted by molar-refractivity contribution is 0.582. The zero-order valence-electron chi connectivity index (χ0n) is 16.5. The lowest BCUT2D eigenvalue weighted by atomic mass is 10.0. The van der Waals surface area contributed by atoms with E-state index in [9.17, 15) is 0 Å². The van der Waals surface area contributed by atoms with Crippen molar-refractivity contribution in [1.29, 1.82) is 0 Å². The summed E-state index contributed by atoms with van der Waals surface area (Å²) in [7, 11) is -2.36. The lowest BCUT2D eigenvalue weighted by Gasteiger charge is -2.31. The SMILES string of the molecule is c1ccc([Si]2(c3ccccc3)c3ccccc3-c3cc(-c4ccco4)ccc32)cc1. The van der Waals surface area contributed by atoms with E-state index in [0.29, 0.717) is 0 Å². The van der Waals surface area contributed by atoms with Crippen molar-refractivity contribution in [3.8, 4) is 22.5 Å². The molecule has 1 aromatic heterocycles. The van der Waals surface area contributed by atoms with Gasteiger partial charge in [-0.25, -0.2) is 0 Å². The molecule has 4 aromatic carbocycles. The second-order valence-electron chi connectivity index (χ2n) is 7.77. The van der Waals surface area contributed by atoms with Crippen LogP contribution in [0.2, 0.25) is 0 Å². The Hall–Kier alpha value is -3.62. The van der Waals surface area contributed by atoms with Gasteiger partial charge in [-0.1, -0.05) is 97.1 Å². The van der Waals surface area contributed by atoms with Gasteiger partial charge in [0, 0.05) is 5.56 Å². The minimum Gasteiger partial charge on any atom is -0.464 e. The van der Waals surface area contributed by atoms with E-state index in [1.807, 2.05) is 12.1 Å². The number of hydrogen-bond acceptors (Lipinski definition) is 1. The summed E-state index contributed by atoms with van der Waals surface area (Å²) in [6.45, 7) is 0. The first kappa shape index (κ1) is 17.3. The lowest BCUT2D eigenvalue weighted by Crippen LogP contribution is -2.72. The van der Waals surface area contributed by atoms with Crippen molar-refractivity contribution in [1.82, 2.24) is 0 Å². The first-order chi connectivity index (χ1) is 14.9. The standard InChI is InChI=1S/C28H20OSi/c1-3-10-22(11-4-1)30(23-12-5-2-6-13-23)27-16-8-7-14-24(27)25-20-21(17-18-28(25)30)26-15-9-19-29-26/h1-20H. The summed E-state index contributed by atoms with van der Waals surface area (Å²) >= 11 is 0. The Labute approximate surface area is 177 Å². The van der Waals surface area contributed by atoms with Gasteiger partial charge in [-0.3, -0.25) is 0 Å². The van der Waals surface area contributed by atoms with Crippen LogP contribution in [-0.2, 0) is 0 Å². The summed E-state index contributed by atoms with van der Waals surface area (Å²) in [5.41, 5.74) is 3.80. The Morgan fingerprint density at radius 3 is 1.80 bits per heavy atom. The molecule has 2 heteroatoms. The average molecular weight is 401 g/mol. The van der Waals surface area contributed by atoms with Gasteiger partial charge in [-0.05, 0) is 50.1 Å². The fourth-order valence-corrected chi connectivity index (χ4v) is 10.2. The van der Waals surface area contributed by atoms with Crippen LogP contribution in [0.25, 0.3) is 22.5 Å². The molecule has 0 saturated heterocycles. The van der Waals surface area contributed by atoms with Crippen LogP contribution in [0.15, 0.2) is 126 Å². The Morgan fingerprint density at radius 2 is 1.13 bits per heavy atom. The Balaban J connectivity index is 1.73. The molecule has 2 heterocycles. The molecule has 5 aromatic rings. The topological polar surface area (TPSA) is 13.1 Å². The fourth-order valence-electron chi connectivity index (χ4n) is 5.05. The van der Waals surface area contributed by atoms with E-state index in [4.69, 9.17) is 4.42 Å². The molecule has 0 atom stereocenters. The zero-order chi connectivity index (χ0) is 20.0. The van der Waals surface area contributed by atoms with Gasteiger partial charge in [-0.2, -0.15) is 0 Å². The molecule has 1 nitrogen and oxygen atoms in total. The van der Waals surface area contributed by atoms with Gasteiger partial charge in [0.15, 0.2) is 8.07 Å². The summed E-state index contributed by atoms with van der Waals surface area (Å²) in [4.78, 5) is 0. The van der Waals surface area contributed by atoms with E-state index in [-0.39, 0.29) is 0 Å². The molecule has 0 fully saturated rings. The molecule has 1 aliphatic heterocycles. The molecule has 0 saturated carbocycles. The van der Waals surface area contributed by atoms with E-state index < -0.39 is 8.07 Å². The first-order valence-corrected chi connectivity index (χ1v) is 12.3. The van der Waals surface area contributed by atoms with Crippen LogP contribution in [0.3, 0.4) is 0 Å². The maximum absolute atomic E-state index is 5.70. The summed E-state index contributed by atoms with van der Waals surface area (Å²) in [6, 6.07) is 42.0. The van der Waals surface area contributed by atoms with Crippen molar-refractivity contribution in [2.75, 3.05) is 0 Å². The largest absolute Gasteiger partial charge is 0.464 e. The zero-order valence-corrected chi connectivity index (χ0v) is 17.5. The highest BCUT2D eigenvalue weighted by Crippen LogP contribution is 2.32. The minimum atomic E-state index is -2.36. The molecule has 0 radical (unpaired) electrons. The van der Waals surface area contributed by atoms with Crippen LogP contribution in [0, 0.1) is 0 Å². The Kier molecular flexibility index (Phi) is 3.86. The smallest absolute Gasteiger partial charge is 0.180 e. The van der Waals surface area contributed by atoms with E-state index in [1.54, 1.807) is 6.26 Å². The monoisotopic (exact) mass is 400 g/mol. The quantitative estimate of drug-likeness (QED) is 0.404. The van der Waals surface area contributed by atoms with Crippen LogP contribution < -0.4 is 20.7 Å². The van der Waals surface area contributed by atoms with Crippen molar-refractivity contribution >= 4 is 28.8 Å².